The predicted molar refractivity (Wildman–Crippen MR) is 106 cm³/mol. The molecular weight excluding hydrogens is 372 g/mol. The maximum Gasteiger partial charge on any atom is 0.256 e. The molecule has 9 nitrogen and oxygen atoms in total. The topological polar surface area (TPSA) is 126 Å². The van der Waals surface area contributed by atoms with E-state index in [0.717, 1.165) is 18.5 Å². The Kier molecular flexibility index (Phi) is 6.22. The Morgan fingerprint density at radius 3 is 2.79 bits per heavy atom. The number of amides is 2. The number of carbonyl (C=O) groups excluding carboxylic acids is 2. The minimum atomic E-state index is -0.514. The number of nitriles is 1. The zero-order valence-corrected chi connectivity index (χ0v) is 17.5. The molecule has 3 heterocycles. The van der Waals surface area contributed by atoms with Crippen molar-refractivity contribution in [2.45, 2.75) is 77.2 Å². The first kappa shape index (κ1) is 21.2. The molecule has 3 rings (SSSR count). The van der Waals surface area contributed by atoms with E-state index in [9.17, 15) is 14.5 Å². The average Bonchev–Trinajstić information content (AvgIpc) is 2.64. The van der Waals surface area contributed by atoms with Gasteiger partial charge in [0.1, 0.15) is 4.87 Å². The second-order valence-corrected chi connectivity index (χ2v) is 8.67. The Balaban J connectivity index is 1.67. The van der Waals surface area contributed by atoms with Crippen LogP contribution in [0.2, 0.25) is 0 Å². The van der Waals surface area contributed by atoms with E-state index < -0.39 is 18.1 Å². The molecule has 0 saturated carbocycles. The summed E-state index contributed by atoms with van der Waals surface area (Å²) in [4.78, 5) is 38.3. The van der Waals surface area contributed by atoms with Gasteiger partial charge >= 0.3 is 0 Å². The molecule has 0 aromatic carbocycles. The Hall–Kier alpha value is -2.47. The van der Waals surface area contributed by atoms with E-state index in [0.29, 0.717) is 16.9 Å². The average molecular weight is 404 g/mol. The van der Waals surface area contributed by atoms with Crippen molar-refractivity contribution in [3.63, 3.8) is 0 Å². The first-order chi connectivity index (χ1) is 13.7. The second-order valence-electron chi connectivity index (χ2n) is 8.67. The van der Waals surface area contributed by atoms with Gasteiger partial charge in [-0.05, 0) is 40.2 Å². The highest BCUT2D eigenvalue weighted by Gasteiger charge is 2.45. The van der Waals surface area contributed by atoms with E-state index in [4.69, 9.17) is 5.26 Å². The standard InChI is InChI=1S/C20H30N6O3/c1-10-7-14(9-21)25-26(29)19(10)13(4)23-17(27)8-15-11(2)18-12(3)22-6-5-16(18)24-20(15)28/h10,12-14,16,18-19,22H,5-8H2,1-4H3,(H2-,23,24,25,27,28,29)/p+1/t10?,12?,13-,14?,16?,18?,19?/m1/s1. The van der Waals surface area contributed by atoms with Crippen LogP contribution in [0.5, 0.6) is 0 Å². The second kappa shape index (κ2) is 8.49. The van der Waals surface area contributed by atoms with Crippen LogP contribution in [0.15, 0.2) is 11.1 Å². The quantitative estimate of drug-likeness (QED) is 0.500. The van der Waals surface area contributed by atoms with Gasteiger partial charge in [-0.15, -0.1) is 5.43 Å². The van der Waals surface area contributed by atoms with Gasteiger partial charge in [-0.1, -0.05) is 12.5 Å². The van der Waals surface area contributed by atoms with Gasteiger partial charge in [0.25, 0.3) is 6.04 Å². The zero-order chi connectivity index (χ0) is 21.3. The van der Waals surface area contributed by atoms with E-state index in [-0.39, 0.29) is 42.2 Å². The molecule has 3 aliphatic rings. The number of hydrogen-bond donors (Lipinski definition) is 4. The van der Waals surface area contributed by atoms with Crippen molar-refractivity contribution in [2.75, 3.05) is 6.54 Å². The molecule has 7 atom stereocenters. The molecule has 4 N–H and O–H groups in total. The summed E-state index contributed by atoms with van der Waals surface area (Å²) in [5.41, 5.74) is 4.10. The lowest BCUT2D eigenvalue weighted by molar-refractivity contribution is -0.663. The van der Waals surface area contributed by atoms with E-state index in [1.807, 2.05) is 13.8 Å². The fraction of sp³-hybridized carbons (Fsp3) is 0.750. The fourth-order valence-electron chi connectivity index (χ4n) is 5.18. The summed E-state index contributed by atoms with van der Waals surface area (Å²) in [6.45, 7) is 8.61. The van der Waals surface area contributed by atoms with Crippen LogP contribution in [-0.4, -0.2) is 53.4 Å². The number of hydrazine groups is 1. The molecule has 2 saturated heterocycles. The Labute approximate surface area is 171 Å². The van der Waals surface area contributed by atoms with Gasteiger partial charge in [-0.25, -0.2) is 0 Å². The highest BCUT2D eigenvalue weighted by atomic mass is 16.3. The third-order valence-corrected chi connectivity index (χ3v) is 6.60. The normalized spacial score (nSPS) is 35.7. The lowest BCUT2D eigenvalue weighted by Crippen LogP contribution is -2.59. The van der Waals surface area contributed by atoms with Crippen LogP contribution in [0, 0.1) is 28.1 Å². The number of nitroso groups, excluding NO2 is 1. The summed E-state index contributed by atoms with van der Waals surface area (Å²) in [5, 5.41) is 18.4. The Morgan fingerprint density at radius 1 is 1.41 bits per heavy atom. The van der Waals surface area contributed by atoms with Crippen LogP contribution in [0.3, 0.4) is 0 Å². The van der Waals surface area contributed by atoms with Gasteiger partial charge < -0.3 is 16.0 Å². The summed E-state index contributed by atoms with van der Waals surface area (Å²) < 4.78 is 0. The number of fused-ring (bicyclic) bond motifs is 1. The van der Waals surface area contributed by atoms with Crippen molar-refractivity contribution < 1.29 is 14.5 Å². The van der Waals surface area contributed by atoms with Crippen LogP contribution in [0.4, 0.5) is 0 Å². The molecule has 9 heteroatoms. The maximum absolute atomic E-state index is 12.7. The first-order valence-corrected chi connectivity index (χ1v) is 10.4. The highest BCUT2D eigenvalue weighted by molar-refractivity contribution is 6.00. The molecule has 29 heavy (non-hydrogen) atoms. The van der Waals surface area contributed by atoms with Crippen LogP contribution >= 0.6 is 0 Å². The lowest BCUT2D eigenvalue weighted by atomic mass is 9.76. The van der Waals surface area contributed by atoms with Gasteiger partial charge in [-0.3, -0.25) is 9.59 Å². The van der Waals surface area contributed by atoms with Gasteiger partial charge in [0, 0.05) is 29.5 Å². The van der Waals surface area contributed by atoms with Gasteiger partial charge in [0.15, 0.2) is 6.04 Å². The number of carbonyl (C=O) groups is 2. The summed E-state index contributed by atoms with van der Waals surface area (Å²) in [5.74, 6) is -0.317. The molecule has 3 aliphatic heterocycles. The minimum Gasteiger partial charge on any atom is -0.349 e. The molecule has 0 bridgehead atoms. The van der Waals surface area contributed by atoms with Crippen molar-refractivity contribution in [2.24, 2.45) is 11.8 Å². The van der Waals surface area contributed by atoms with Crippen LogP contribution in [-0.2, 0) is 9.59 Å². The Bertz CT molecular complexity index is 773. The van der Waals surface area contributed by atoms with Crippen molar-refractivity contribution >= 4 is 11.8 Å². The molecule has 2 fully saturated rings. The summed E-state index contributed by atoms with van der Waals surface area (Å²) >= 11 is 0. The van der Waals surface area contributed by atoms with E-state index in [1.165, 1.54) is 0 Å². The smallest absolute Gasteiger partial charge is 0.256 e. The molecule has 158 valence electrons. The number of rotatable bonds is 4. The molecule has 2 amide bonds. The fourth-order valence-corrected chi connectivity index (χ4v) is 5.18. The number of nitrogens with one attached hydrogen (secondary N) is 4. The third-order valence-electron chi connectivity index (χ3n) is 6.60. The molecule has 0 aliphatic carbocycles. The predicted octanol–water partition coefficient (Wildman–Crippen LogP) is 0.278. The highest BCUT2D eigenvalue weighted by Crippen LogP contribution is 2.32. The molecule has 6 unspecified atom stereocenters. The van der Waals surface area contributed by atoms with E-state index in [1.54, 1.807) is 6.92 Å². The SMILES string of the molecule is CC1=C(CC(=O)N[C@H](C)C2C(C)CC(C#N)N[N+]2=O)C(=O)NC2CCNC(C)C12. The molecule has 0 aromatic rings. The van der Waals surface area contributed by atoms with Crippen LogP contribution in [0.25, 0.3) is 0 Å². The summed E-state index contributed by atoms with van der Waals surface area (Å²) in [6, 6.07) is 0.996. The third kappa shape index (κ3) is 4.27. The van der Waals surface area contributed by atoms with Crippen molar-refractivity contribution in [1.82, 2.24) is 21.4 Å². The molecule has 0 spiro atoms. The van der Waals surface area contributed by atoms with Crippen molar-refractivity contribution in [1.29, 1.82) is 5.26 Å². The maximum atomic E-state index is 12.7. The zero-order valence-electron chi connectivity index (χ0n) is 17.5. The van der Waals surface area contributed by atoms with Crippen molar-refractivity contribution in [3.05, 3.63) is 16.1 Å². The lowest BCUT2D eigenvalue weighted by Gasteiger charge is -2.42. The van der Waals surface area contributed by atoms with E-state index in [2.05, 4.69) is 34.4 Å². The molecule has 0 aromatic heterocycles. The summed E-state index contributed by atoms with van der Waals surface area (Å²) in [7, 11) is 0. The van der Waals surface area contributed by atoms with Gasteiger partial charge in [0.05, 0.1) is 23.4 Å². The Morgan fingerprint density at radius 2 is 2.14 bits per heavy atom. The minimum absolute atomic E-state index is 0.00778. The van der Waals surface area contributed by atoms with Gasteiger partial charge in [0.2, 0.25) is 11.8 Å². The molecular formula is C20H31N6O3+. The molecule has 0 radical (unpaired) electrons. The number of hydrogen-bond acceptors (Lipinski definition) is 5. The van der Waals surface area contributed by atoms with Crippen molar-refractivity contribution in [3.8, 4) is 6.07 Å². The van der Waals surface area contributed by atoms with Crippen LogP contribution in [0.1, 0.15) is 47.0 Å². The monoisotopic (exact) mass is 403 g/mol. The summed E-state index contributed by atoms with van der Waals surface area (Å²) in [6.07, 6.45) is 1.41. The first-order valence-electron chi connectivity index (χ1n) is 10.4. The number of piperidine rings is 1. The van der Waals surface area contributed by atoms with E-state index >= 15 is 0 Å². The number of nitrogens with zero attached hydrogens (tertiary/aromatic N) is 2. The van der Waals surface area contributed by atoms with Gasteiger partial charge in [-0.2, -0.15) is 5.26 Å². The van der Waals surface area contributed by atoms with Crippen LogP contribution < -0.4 is 21.4 Å². The largest absolute Gasteiger partial charge is 0.349 e.